The number of nitrogens with zero attached hydrogens (tertiary/aromatic N) is 2. The summed E-state index contributed by atoms with van der Waals surface area (Å²) in [6.45, 7) is 2.94. The van der Waals surface area contributed by atoms with Crippen LogP contribution < -0.4 is 0 Å². The third-order valence-electron chi connectivity index (χ3n) is 6.79. The molecule has 0 radical (unpaired) electrons. The van der Waals surface area contributed by atoms with E-state index in [9.17, 15) is 14.4 Å². The first-order valence-corrected chi connectivity index (χ1v) is 10.7. The number of imide groups is 1. The molecule has 1 aromatic carbocycles. The van der Waals surface area contributed by atoms with E-state index in [1.807, 2.05) is 35.2 Å². The van der Waals surface area contributed by atoms with Crippen molar-refractivity contribution >= 4 is 17.7 Å². The van der Waals surface area contributed by atoms with Gasteiger partial charge in [-0.25, -0.2) is 0 Å². The monoisotopic (exact) mass is 382 g/mol. The average molecular weight is 383 g/mol. The molecule has 3 aliphatic rings. The van der Waals surface area contributed by atoms with E-state index in [4.69, 9.17) is 0 Å². The van der Waals surface area contributed by atoms with Crippen LogP contribution in [0.5, 0.6) is 0 Å². The number of likely N-dealkylation sites (tertiary alicyclic amines) is 1. The van der Waals surface area contributed by atoms with Crippen LogP contribution in [0, 0.1) is 17.8 Å². The largest absolute Gasteiger partial charge is 0.335 e. The molecule has 3 fully saturated rings. The molecule has 1 heterocycles. The molecule has 1 aliphatic heterocycles. The zero-order valence-corrected chi connectivity index (χ0v) is 16.7. The maximum atomic E-state index is 13.1. The summed E-state index contributed by atoms with van der Waals surface area (Å²) in [7, 11) is 0. The minimum atomic E-state index is -0.137. The zero-order chi connectivity index (χ0) is 19.7. The van der Waals surface area contributed by atoms with Crippen LogP contribution in [0.2, 0.25) is 0 Å². The topological polar surface area (TPSA) is 57.7 Å². The lowest BCUT2D eigenvalue weighted by atomic mass is 9.81. The van der Waals surface area contributed by atoms with E-state index >= 15 is 0 Å². The van der Waals surface area contributed by atoms with Gasteiger partial charge in [0.05, 0.1) is 11.8 Å². The van der Waals surface area contributed by atoms with Gasteiger partial charge in [0.2, 0.25) is 17.7 Å². The number of rotatable bonds is 7. The summed E-state index contributed by atoms with van der Waals surface area (Å²) in [5, 5.41) is 0. The van der Waals surface area contributed by atoms with Gasteiger partial charge in [-0.2, -0.15) is 0 Å². The van der Waals surface area contributed by atoms with Crippen LogP contribution >= 0.6 is 0 Å². The predicted octanol–water partition coefficient (Wildman–Crippen LogP) is 3.38. The van der Waals surface area contributed by atoms with Crippen molar-refractivity contribution in [3.05, 3.63) is 35.9 Å². The van der Waals surface area contributed by atoms with E-state index in [0.717, 1.165) is 31.2 Å². The number of benzene rings is 1. The molecule has 0 bridgehead atoms. The van der Waals surface area contributed by atoms with Crippen molar-refractivity contribution in [3.8, 4) is 0 Å². The normalized spacial score (nSPS) is 25.5. The second-order valence-electron chi connectivity index (χ2n) is 8.66. The molecule has 4 rings (SSSR count). The Hall–Kier alpha value is -2.17. The molecule has 0 aromatic heterocycles. The lowest BCUT2D eigenvalue weighted by Crippen LogP contribution is -2.42. The molecule has 0 N–H and O–H groups in total. The molecule has 28 heavy (non-hydrogen) atoms. The highest BCUT2D eigenvalue weighted by atomic mass is 16.2. The highest BCUT2D eigenvalue weighted by Gasteiger charge is 2.48. The standard InChI is InChI=1S/C23H30N2O3/c1-16(18-11-12-18)25(15-17-7-3-2-4-8-17)21(26)13-14-24-22(27)19-9-5-6-10-20(19)23(24)28/h2-4,7-8,16,18-20H,5-6,9-15H2,1H3. The fraction of sp³-hybridized carbons (Fsp3) is 0.609. The second kappa shape index (κ2) is 8.06. The van der Waals surface area contributed by atoms with Crippen LogP contribution in [0.3, 0.4) is 0 Å². The van der Waals surface area contributed by atoms with Crippen molar-refractivity contribution in [2.45, 2.75) is 64.5 Å². The first-order valence-electron chi connectivity index (χ1n) is 10.7. The van der Waals surface area contributed by atoms with E-state index in [1.165, 1.54) is 17.7 Å². The molecule has 5 heteroatoms. The first kappa shape index (κ1) is 19.2. The van der Waals surface area contributed by atoms with Gasteiger partial charge in [-0.1, -0.05) is 43.2 Å². The molecule has 0 spiro atoms. The van der Waals surface area contributed by atoms with E-state index in [1.54, 1.807) is 0 Å². The molecular formula is C23H30N2O3. The molecule has 150 valence electrons. The second-order valence-corrected chi connectivity index (χ2v) is 8.66. The van der Waals surface area contributed by atoms with E-state index in [0.29, 0.717) is 12.5 Å². The van der Waals surface area contributed by atoms with Crippen molar-refractivity contribution in [2.75, 3.05) is 6.54 Å². The highest BCUT2D eigenvalue weighted by molar-refractivity contribution is 6.05. The molecule has 1 saturated heterocycles. The number of hydrogen-bond acceptors (Lipinski definition) is 3. The Bertz CT molecular complexity index is 719. The lowest BCUT2D eigenvalue weighted by Gasteiger charge is -2.30. The fourth-order valence-electron chi connectivity index (χ4n) is 4.87. The van der Waals surface area contributed by atoms with Crippen LogP contribution in [-0.4, -0.2) is 40.1 Å². The SMILES string of the molecule is CC(C1CC1)N(Cc1ccccc1)C(=O)CCN1C(=O)C2CCCCC2C1=O. The molecular weight excluding hydrogens is 352 g/mol. The summed E-state index contributed by atoms with van der Waals surface area (Å²) in [5.41, 5.74) is 1.11. The summed E-state index contributed by atoms with van der Waals surface area (Å²) in [6.07, 6.45) is 6.25. The van der Waals surface area contributed by atoms with Gasteiger partial charge in [0.1, 0.15) is 0 Å². The number of fused-ring (bicyclic) bond motifs is 1. The lowest BCUT2D eigenvalue weighted by molar-refractivity contribution is -0.141. The number of amides is 3. The highest BCUT2D eigenvalue weighted by Crippen LogP contribution is 2.38. The Morgan fingerprint density at radius 3 is 2.21 bits per heavy atom. The van der Waals surface area contributed by atoms with Crippen molar-refractivity contribution in [2.24, 2.45) is 17.8 Å². The van der Waals surface area contributed by atoms with E-state index < -0.39 is 0 Å². The van der Waals surface area contributed by atoms with Crippen molar-refractivity contribution in [3.63, 3.8) is 0 Å². The van der Waals surface area contributed by atoms with Crippen LogP contribution in [-0.2, 0) is 20.9 Å². The Morgan fingerprint density at radius 2 is 1.64 bits per heavy atom. The Kier molecular flexibility index (Phi) is 5.51. The summed E-state index contributed by atoms with van der Waals surface area (Å²) < 4.78 is 0. The van der Waals surface area contributed by atoms with Crippen molar-refractivity contribution < 1.29 is 14.4 Å². The van der Waals surface area contributed by atoms with Crippen LogP contribution in [0.25, 0.3) is 0 Å². The quantitative estimate of drug-likeness (QED) is 0.679. The molecule has 3 atom stereocenters. The third kappa shape index (κ3) is 3.85. The van der Waals surface area contributed by atoms with Crippen molar-refractivity contribution in [1.29, 1.82) is 0 Å². The number of carbonyl (C=O) groups excluding carboxylic acids is 3. The molecule has 5 nitrogen and oxygen atoms in total. The average Bonchev–Trinajstić information content (AvgIpc) is 3.54. The molecule has 2 aliphatic carbocycles. The first-order chi connectivity index (χ1) is 13.6. The Morgan fingerprint density at radius 1 is 1.04 bits per heavy atom. The van der Waals surface area contributed by atoms with Gasteiger partial charge in [-0.15, -0.1) is 0 Å². The maximum absolute atomic E-state index is 13.1. The van der Waals surface area contributed by atoms with Gasteiger partial charge < -0.3 is 4.90 Å². The molecule has 3 amide bonds. The minimum absolute atomic E-state index is 0.0405. The molecule has 3 unspecified atom stereocenters. The predicted molar refractivity (Wildman–Crippen MR) is 106 cm³/mol. The Labute approximate surface area is 167 Å². The summed E-state index contributed by atoms with van der Waals surface area (Å²) in [4.78, 5) is 41.7. The van der Waals surface area contributed by atoms with E-state index in [2.05, 4.69) is 6.92 Å². The van der Waals surface area contributed by atoms with Gasteiger partial charge in [-0.05, 0) is 44.1 Å². The van der Waals surface area contributed by atoms with Gasteiger partial charge in [0.25, 0.3) is 0 Å². The fourth-order valence-corrected chi connectivity index (χ4v) is 4.87. The smallest absolute Gasteiger partial charge is 0.233 e. The maximum Gasteiger partial charge on any atom is 0.233 e. The molecule has 1 aromatic rings. The number of carbonyl (C=O) groups is 3. The van der Waals surface area contributed by atoms with Gasteiger partial charge in [0.15, 0.2) is 0 Å². The summed E-state index contributed by atoms with van der Waals surface area (Å²) >= 11 is 0. The van der Waals surface area contributed by atoms with Gasteiger partial charge in [-0.3, -0.25) is 19.3 Å². The zero-order valence-electron chi connectivity index (χ0n) is 16.7. The Balaban J connectivity index is 1.41. The van der Waals surface area contributed by atoms with Gasteiger partial charge >= 0.3 is 0 Å². The van der Waals surface area contributed by atoms with Gasteiger partial charge in [0, 0.05) is 25.6 Å². The third-order valence-corrected chi connectivity index (χ3v) is 6.79. The van der Waals surface area contributed by atoms with E-state index in [-0.39, 0.29) is 48.6 Å². The minimum Gasteiger partial charge on any atom is -0.335 e. The molecule has 2 saturated carbocycles. The van der Waals surface area contributed by atoms with Crippen LogP contribution in [0.15, 0.2) is 30.3 Å². The van der Waals surface area contributed by atoms with Crippen molar-refractivity contribution in [1.82, 2.24) is 9.80 Å². The van der Waals surface area contributed by atoms with Crippen LogP contribution in [0.4, 0.5) is 0 Å². The van der Waals surface area contributed by atoms with Crippen LogP contribution in [0.1, 0.15) is 57.4 Å². The number of hydrogen-bond donors (Lipinski definition) is 0. The summed E-state index contributed by atoms with van der Waals surface area (Å²) in [5.74, 6) is 0.244. The summed E-state index contributed by atoms with van der Waals surface area (Å²) in [6, 6.07) is 10.2.